The normalized spacial score (nSPS) is 15.2. The number of fused-ring (bicyclic) bond motifs is 1. The van der Waals surface area contributed by atoms with Gasteiger partial charge in [-0.25, -0.2) is 14.6 Å². The number of rotatable bonds is 6. The second kappa shape index (κ2) is 15.0. The van der Waals surface area contributed by atoms with E-state index in [1.54, 1.807) is 6.20 Å². The number of imidazole rings is 1. The predicted molar refractivity (Wildman–Crippen MR) is 124 cm³/mol. The number of pyridine rings is 1. The third-order valence-corrected chi connectivity index (χ3v) is 5.37. The van der Waals surface area contributed by atoms with Gasteiger partial charge in [0.25, 0.3) is 0 Å². The van der Waals surface area contributed by atoms with Crippen LogP contribution in [-0.2, 0) is 33.9 Å². The molecule has 1 atom stereocenters. The van der Waals surface area contributed by atoms with Crippen molar-refractivity contribution >= 4 is 17.8 Å². The number of carboxylic acids is 2. The summed E-state index contributed by atoms with van der Waals surface area (Å²) in [5, 5.41) is 14.2. The van der Waals surface area contributed by atoms with E-state index in [4.69, 9.17) is 19.8 Å². The molecule has 0 aromatic carbocycles. The molecule has 2 aromatic heterocycles. The Labute approximate surface area is 219 Å². The van der Waals surface area contributed by atoms with E-state index in [-0.39, 0.29) is 5.91 Å². The van der Waals surface area contributed by atoms with E-state index in [9.17, 15) is 31.1 Å². The number of carboxylic acid groups (broad SMARTS) is 2. The number of carbonyl (C=O) groups excluding carboxylic acids is 1. The Morgan fingerprint density at radius 2 is 1.51 bits per heavy atom. The molecule has 39 heavy (non-hydrogen) atoms. The topological polar surface area (TPSA) is 129 Å². The number of aliphatic carboxylic acids is 2. The zero-order valence-corrected chi connectivity index (χ0v) is 21.1. The van der Waals surface area contributed by atoms with Crippen molar-refractivity contribution in [1.29, 1.82) is 0 Å². The fraction of sp³-hybridized carbons (Fsp3) is 0.522. The van der Waals surface area contributed by atoms with Crippen LogP contribution in [0.15, 0.2) is 36.8 Å². The minimum absolute atomic E-state index is 0.125. The Balaban J connectivity index is 0.000000449. The Kier molecular flexibility index (Phi) is 12.9. The van der Waals surface area contributed by atoms with Crippen molar-refractivity contribution in [1.82, 2.24) is 24.3 Å². The molecule has 218 valence electrons. The van der Waals surface area contributed by atoms with Gasteiger partial charge in [-0.05, 0) is 25.2 Å². The number of alkyl halides is 6. The summed E-state index contributed by atoms with van der Waals surface area (Å²) in [7, 11) is 0. The molecule has 1 amide bonds. The van der Waals surface area contributed by atoms with E-state index < -0.39 is 24.3 Å². The summed E-state index contributed by atoms with van der Waals surface area (Å²) in [5.74, 6) is -4.01. The van der Waals surface area contributed by atoms with Crippen LogP contribution < -0.4 is 0 Å². The van der Waals surface area contributed by atoms with E-state index in [0.29, 0.717) is 18.9 Å². The van der Waals surface area contributed by atoms with E-state index in [1.807, 2.05) is 35.5 Å². The molecular weight excluding hydrogens is 540 g/mol. The lowest BCUT2D eigenvalue weighted by atomic mass is 10.1. The van der Waals surface area contributed by atoms with Gasteiger partial charge in [-0.15, -0.1) is 0 Å². The third-order valence-electron chi connectivity index (χ3n) is 5.37. The smallest absolute Gasteiger partial charge is 0.475 e. The predicted octanol–water partition coefficient (Wildman–Crippen LogP) is 3.09. The lowest BCUT2D eigenvalue weighted by Crippen LogP contribution is -2.39. The van der Waals surface area contributed by atoms with Crippen LogP contribution >= 0.6 is 0 Å². The number of hydrogen-bond acceptors (Lipinski definition) is 6. The fourth-order valence-electron chi connectivity index (χ4n) is 3.46. The maximum absolute atomic E-state index is 12.9. The Bertz CT molecular complexity index is 1030. The Hall–Kier alpha value is -3.69. The largest absolute Gasteiger partial charge is 0.490 e. The summed E-state index contributed by atoms with van der Waals surface area (Å²) in [6, 6.07) is 5.70. The second-order valence-corrected chi connectivity index (χ2v) is 8.23. The van der Waals surface area contributed by atoms with Gasteiger partial charge in [0.15, 0.2) is 0 Å². The van der Waals surface area contributed by atoms with E-state index in [0.717, 1.165) is 44.2 Å². The molecule has 0 radical (unpaired) electrons. The van der Waals surface area contributed by atoms with Gasteiger partial charge in [-0.2, -0.15) is 26.3 Å². The molecule has 0 saturated carbocycles. The quantitative estimate of drug-likeness (QED) is 0.508. The lowest BCUT2D eigenvalue weighted by molar-refractivity contribution is -0.193. The van der Waals surface area contributed by atoms with E-state index >= 15 is 0 Å². The van der Waals surface area contributed by atoms with Gasteiger partial charge in [0.05, 0.1) is 13.0 Å². The maximum Gasteiger partial charge on any atom is 0.490 e. The number of amides is 1. The first-order valence-electron chi connectivity index (χ1n) is 11.6. The summed E-state index contributed by atoms with van der Waals surface area (Å²) < 4.78 is 65.7. The molecular formula is C23H29F6N5O5. The fourth-order valence-corrected chi connectivity index (χ4v) is 3.46. The lowest BCUT2D eigenvalue weighted by Gasteiger charge is -2.28. The molecule has 0 fully saturated rings. The highest BCUT2D eigenvalue weighted by Gasteiger charge is 2.38. The van der Waals surface area contributed by atoms with Crippen LogP contribution in [0.3, 0.4) is 0 Å². The van der Waals surface area contributed by atoms with Crippen molar-refractivity contribution in [2.75, 3.05) is 26.2 Å². The van der Waals surface area contributed by atoms with Gasteiger partial charge in [-0.3, -0.25) is 9.78 Å². The second-order valence-electron chi connectivity index (χ2n) is 8.23. The van der Waals surface area contributed by atoms with Gasteiger partial charge in [0.2, 0.25) is 5.91 Å². The van der Waals surface area contributed by atoms with Gasteiger partial charge in [0, 0.05) is 49.8 Å². The van der Waals surface area contributed by atoms with E-state index in [1.165, 1.54) is 0 Å². The summed E-state index contributed by atoms with van der Waals surface area (Å²) in [4.78, 5) is 43.8. The van der Waals surface area contributed by atoms with Crippen molar-refractivity contribution < 1.29 is 50.9 Å². The molecule has 0 spiro atoms. The van der Waals surface area contributed by atoms with Crippen LogP contribution in [0.2, 0.25) is 0 Å². The number of carbonyl (C=O) groups is 3. The monoisotopic (exact) mass is 569 g/mol. The number of halogens is 6. The van der Waals surface area contributed by atoms with Crippen LogP contribution in [0.4, 0.5) is 26.3 Å². The number of nitrogens with zero attached hydrogens (tertiary/aromatic N) is 5. The average Bonchev–Trinajstić information content (AvgIpc) is 3.20. The highest BCUT2D eigenvalue weighted by molar-refractivity contribution is 5.78. The molecule has 3 heterocycles. The Morgan fingerprint density at radius 3 is 1.97 bits per heavy atom. The maximum atomic E-state index is 12.9. The van der Waals surface area contributed by atoms with Crippen molar-refractivity contribution in [2.45, 2.75) is 45.7 Å². The van der Waals surface area contributed by atoms with Gasteiger partial charge in [-0.1, -0.05) is 19.9 Å². The van der Waals surface area contributed by atoms with Gasteiger partial charge >= 0.3 is 24.3 Å². The molecule has 0 bridgehead atoms. The first-order chi connectivity index (χ1) is 18.1. The zero-order valence-electron chi connectivity index (χ0n) is 21.1. The number of hydrogen-bond donors (Lipinski definition) is 2. The van der Waals surface area contributed by atoms with Crippen molar-refractivity contribution in [3.63, 3.8) is 0 Å². The van der Waals surface area contributed by atoms with Crippen LogP contribution in [0.5, 0.6) is 0 Å². The SMILES string of the molecule is CCN(CC)CC1CN(C(=O)Cc2ccccn2)Cc2nccn2C1.O=C(O)C(F)(F)F.O=C(O)C(F)(F)F. The molecule has 0 aliphatic carbocycles. The van der Waals surface area contributed by atoms with Crippen LogP contribution in [-0.4, -0.2) is 90.9 Å². The van der Waals surface area contributed by atoms with Crippen molar-refractivity contribution in [3.8, 4) is 0 Å². The highest BCUT2D eigenvalue weighted by Crippen LogP contribution is 2.18. The molecule has 16 heteroatoms. The standard InChI is InChI=1S/C19H27N5O.2C2HF3O2/c1-3-22(4-2)12-16-13-23-10-9-21-18(23)15-24(14-16)19(25)11-17-7-5-6-8-20-17;2*3-2(4,5)1(6)7/h5-10,16H,3-4,11-15H2,1-2H3;2*(H,6,7). The van der Waals surface area contributed by atoms with Gasteiger partial charge < -0.3 is 24.6 Å². The minimum Gasteiger partial charge on any atom is -0.475 e. The first-order valence-corrected chi connectivity index (χ1v) is 11.6. The number of aromatic nitrogens is 3. The minimum atomic E-state index is -5.08. The van der Waals surface area contributed by atoms with Crippen molar-refractivity contribution in [3.05, 3.63) is 48.3 Å². The summed E-state index contributed by atoms with van der Waals surface area (Å²) in [6.07, 6.45) is -4.23. The summed E-state index contributed by atoms with van der Waals surface area (Å²) in [6.45, 7) is 9.70. The average molecular weight is 570 g/mol. The summed E-state index contributed by atoms with van der Waals surface area (Å²) >= 11 is 0. The van der Waals surface area contributed by atoms with Gasteiger partial charge in [0.1, 0.15) is 5.82 Å². The van der Waals surface area contributed by atoms with Crippen LogP contribution in [0.25, 0.3) is 0 Å². The van der Waals surface area contributed by atoms with Crippen LogP contribution in [0, 0.1) is 5.92 Å². The molecule has 1 aliphatic heterocycles. The molecule has 0 saturated heterocycles. The molecule has 10 nitrogen and oxygen atoms in total. The Morgan fingerprint density at radius 1 is 0.949 bits per heavy atom. The van der Waals surface area contributed by atoms with Crippen LogP contribution in [0.1, 0.15) is 25.4 Å². The van der Waals surface area contributed by atoms with E-state index in [2.05, 4.69) is 33.3 Å². The molecule has 1 aliphatic rings. The molecule has 2 aromatic rings. The summed E-state index contributed by atoms with van der Waals surface area (Å²) in [5.41, 5.74) is 0.820. The highest BCUT2D eigenvalue weighted by atomic mass is 19.4. The molecule has 2 N–H and O–H groups in total. The van der Waals surface area contributed by atoms with Crippen molar-refractivity contribution in [2.24, 2.45) is 5.92 Å². The molecule has 1 unspecified atom stereocenters. The third kappa shape index (κ3) is 12.1. The zero-order chi connectivity index (χ0) is 29.8. The molecule has 3 rings (SSSR count). The first kappa shape index (κ1) is 33.3.